The molecule has 1 N–H and O–H groups in total. The SMILES string of the molecule is CC(C=O)Cn1cnc(S(=O)(=O)N2CCC(NC(=O)OC(C)(C)C)CC2)c1. The lowest BCUT2D eigenvalue weighted by molar-refractivity contribution is -0.111. The Morgan fingerprint density at radius 3 is 2.59 bits per heavy atom. The lowest BCUT2D eigenvalue weighted by Crippen LogP contribution is -2.47. The maximum absolute atomic E-state index is 12.7. The summed E-state index contributed by atoms with van der Waals surface area (Å²) in [5, 5.41) is 2.76. The summed E-state index contributed by atoms with van der Waals surface area (Å²) in [5.41, 5.74) is -0.575. The largest absolute Gasteiger partial charge is 0.444 e. The predicted octanol–water partition coefficient (Wildman–Crippen LogP) is 1.40. The van der Waals surface area contributed by atoms with Crippen LogP contribution in [0, 0.1) is 5.92 Å². The first-order valence-electron chi connectivity index (χ1n) is 8.98. The smallest absolute Gasteiger partial charge is 0.407 e. The highest BCUT2D eigenvalue weighted by atomic mass is 32.2. The summed E-state index contributed by atoms with van der Waals surface area (Å²) >= 11 is 0. The molecule has 0 radical (unpaired) electrons. The van der Waals surface area contributed by atoms with E-state index in [0.29, 0.717) is 32.5 Å². The Labute approximate surface area is 160 Å². The molecular weight excluding hydrogens is 372 g/mol. The fourth-order valence-corrected chi connectivity index (χ4v) is 4.20. The van der Waals surface area contributed by atoms with Crippen LogP contribution in [0.4, 0.5) is 4.79 Å². The third-order valence-corrected chi connectivity index (χ3v) is 5.90. The molecule has 0 bridgehead atoms. The summed E-state index contributed by atoms with van der Waals surface area (Å²) in [7, 11) is -3.70. The van der Waals surface area contributed by atoms with Crippen LogP contribution < -0.4 is 5.32 Å². The Morgan fingerprint density at radius 2 is 2.04 bits per heavy atom. The van der Waals surface area contributed by atoms with Crippen molar-refractivity contribution in [2.45, 2.75) is 63.8 Å². The first-order chi connectivity index (χ1) is 12.5. The molecule has 1 fully saturated rings. The minimum atomic E-state index is -3.70. The number of imidazole rings is 1. The lowest BCUT2D eigenvalue weighted by Gasteiger charge is -2.31. The summed E-state index contributed by atoms with van der Waals surface area (Å²) in [6.07, 6.45) is 4.19. The number of amides is 1. The Kier molecular flexibility index (Phi) is 6.63. The maximum atomic E-state index is 12.7. The van der Waals surface area contributed by atoms with Crippen molar-refractivity contribution in [2.24, 2.45) is 5.92 Å². The van der Waals surface area contributed by atoms with E-state index in [2.05, 4.69) is 10.3 Å². The highest BCUT2D eigenvalue weighted by molar-refractivity contribution is 7.89. The molecular formula is C17H28N4O5S. The van der Waals surface area contributed by atoms with Gasteiger partial charge in [-0.25, -0.2) is 18.2 Å². The molecule has 1 amide bonds. The number of ether oxygens (including phenoxy) is 1. The van der Waals surface area contributed by atoms with Crippen LogP contribution in [0.5, 0.6) is 0 Å². The average Bonchev–Trinajstić information content (AvgIpc) is 3.02. The van der Waals surface area contributed by atoms with E-state index in [1.165, 1.54) is 16.8 Å². The fourth-order valence-electron chi connectivity index (χ4n) is 2.80. The summed E-state index contributed by atoms with van der Waals surface area (Å²) in [5.74, 6) is -0.218. The Morgan fingerprint density at radius 1 is 1.41 bits per heavy atom. The summed E-state index contributed by atoms with van der Waals surface area (Å²) in [4.78, 5) is 26.6. The quantitative estimate of drug-likeness (QED) is 0.723. The van der Waals surface area contributed by atoms with Crippen LogP contribution in [0.2, 0.25) is 0 Å². The summed E-state index contributed by atoms with van der Waals surface area (Å²) < 4.78 is 33.7. The lowest BCUT2D eigenvalue weighted by atomic mass is 10.1. The number of piperidine rings is 1. The second kappa shape index (κ2) is 8.39. The number of nitrogens with zero attached hydrogens (tertiary/aromatic N) is 3. The standard InChI is InChI=1S/C17H28N4O5S/c1-13(11-22)9-20-10-15(18-12-20)27(24,25)21-7-5-14(6-8-21)19-16(23)26-17(2,3)4/h10-14H,5-9H2,1-4H3,(H,19,23). The van der Waals surface area contributed by atoms with Crippen molar-refractivity contribution < 1.29 is 22.7 Å². The number of alkyl carbamates (subject to hydrolysis) is 1. The van der Waals surface area contributed by atoms with Crippen LogP contribution in [-0.2, 0) is 26.1 Å². The van der Waals surface area contributed by atoms with Gasteiger partial charge in [-0.05, 0) is 33.6 Å². The number of aldehydes is 1. The van der Waals surface area contributed by atoms with Gasteiger partial charge in [0.05, 0.1) is 6.33 Å². The Hall–Kier alpha value is -1.94. The molecule has 1 aromatic heterocycles. The van der Waals surface area contributed by atoms with Gasteiger partial charge in [0.1, 0.15) is 11.9 Å². The van der Waals surface area contributed by atoms with Gasteiger partial charge in [-0.2, -0.15) is 4.31 Å². The summed E-state index contributed by atoms with van der Waals surface area (Å²) in [6.45, 7) is 8.09. The van der Waals surface area contributed by atoms with Crippen molar-refractivity contribution in [1.29, 1.82) is 0 Å². The Balaban J connectivity index is 1.92. The Bertz CT molecular complexity index is 761. The molecule has 2 heterocycles. The van der Waals surface area contributed by atoms with Gasteiger partial charge >= 0.3 is 6.09 Å². The zero-order chi connectivity index (χ0) is 20.2. The summed E-state index contributed by atoms with van der Waals surface area (Å²) in [6, 6.07) is -0.128. The zero-order valence-electron chi connectivity index (χ0n) is 16.2. The van der Waals surface area contributed by atoms with E-state index < -0.39 is 21.7 Å². The van der Waals surface area contributed by atoms with Crippen molar-refractivity contribution in [2.75, 3.05) is 13.1 Å². The topological polar surface area (TPSA) is 111 Å². The van der Waals surface area contributed by atoms with Gasteiger partial charge in [0, 0.05) is 37.8 Å². The predicted molar refractivity (Wildman–Crippen MR) is 98.6 cm³/mol. The van der Waals surface area contributed by atoms with Crippen molar-refractivity contribution in [3.05, 3.63) is 12.5 Å². The van der Waals surface area contributed by atoms with E-state index in [0.717, 1.165) is 6.29 Å². The molecule has 27 heavy (non-hydrogen) atoms. The molecule has 1 aromatic rings. The van der Waals surface area contributed by atoms with E-state index >= 15 is 0 Å². The van der Waals surface area contributed by atoms with E-state index in [4.69, 9.17) is 4.74 Å². The van der Waals surface area contributed by atoms with Gasteiger partial charge in [0.15, 0.2) is 5.03 Å². The first kappa shape index (κ1) is 21.4. The number of aromatic nitrogens is 2. The van der Waals surface area contributed by atoms with Crippen molar-refractivity contribution in [3.8, 4) is 0 Å². The zero-order valence-corrected chi connectivity index (χ0v) is 17.0. The van der Waals surface area contributed by atoms with Crippen molar-refractivity contribution >= 4 is 22.4 Å². The normalized spacial score (nSPS) is 18.1. The monoisotopic (exact) mass is 400 g/mol. The van der Waals surface area contributed by atoms with Gasteiger partial charge < -0.3 is 19.4 Å². The number of hydrogen-bond donors (Lipinski definition) is 1. The van der Waals surface area contributed by atoms with Gasteiger partial charge in [0.2, 0.25) is 0 Å². The molecule has 1 aliphatic rings. The van der Waals surface area contributed by atoms with Gasteiger partial charge in [-0.15, -0.1) is 0 Å². The third kappa shape index (κ3) is 6.03. The van der Waals surface area contributed by atoms with E-state index in [1.807, 2.05) is 0 Å². The number of hydrogen-bond acceptors (Lipinski definition) is 6. The third-order valence-electron chi connectivity index (χ3n) is 4.12. The number of carbonyl (C=O) groups is 2. The molecule has 9 nitrogen and oxygen atoms in total. The van der Waals surface area contributed by atoms with Crippen LogP contribution in [-0.4, -0.2) is 59.4 Å². The van der Waals surface area contributed by atoms with E-state index in [9.17, 15) is 18.0 Å². The van der Waals surface area contributed by atoms with Crippen LogP contribution in [0.1, 0.15) is 40.5 Å². The van der Waals surface area contributed by atoms with Gasteiger partial charge in [-0.3, -0.25) is 0 Å². The molecule has 10 heteroatoms. The van der Waals surface area contributed by atoms with E-state index in [1.54, 1.807) is 32.3 Å². The van der Waals surface area contributed by atoms with Crippen molar-refractivity contribution in [3.63, 3.8) is 0 Å². The van der Waals surface area contributed by atoms with Crippen LogP contribution in [0.3, 0.4) is 0 Å². The molecule has 0 spiro atoms. The average molecular weight is 401 g/mol. The molecule has 1 atom stereocenters. The highest BCUT2D eigenvalue weighted by Crippen LogP contribution is 2.20. The van der Waals surface area contributed by atoms with Gasteiger partial charge in [-0.1, -0.05) is 6.92 Å². The minimum absolute atomic E-state index is 0.0286. The second-order valence-electron chi connectivity index (χ2n) is 7.85. The first-order valence-corrected chi connectivity index (χ1v) is 10.4. The van der Waals surface area contributed by atoms with E-state index in [-0.39, 0.29) is 17.0 Å². The molecule has 0 aliphatic carbocycles. The fraction of sp³-hybridized carbons (Fsp3) is 0.706. The number of carbonyl (C=O) groups excluding carboxylic acids is 2. The molecule has 152 valence electrons. The van der Waals surface area contributed by atoms with Crippen LogP contribution in [0.25, 0.3) is 0 Å². The van der Waals surface area contributed by atoms with Crippen molar-refractivity contribution in [1.82, 2.24) is 19.2 Å². The number of rotatable bonds is 6. The molecule has 1 unspecified atom stereocenters. The minimum Gasteiger partial charge on any atom is -0.444 e. The molecule has 1 aliphatic heterocycles. The van der Waals surface area contributed by atoms with Crippen LogP contribution in [0.15, 0.2) is 17.6 Å². The van der Waals surface area contributed by atoms with Crippen LogP contribution >= 0.6 is 0 Å². The molecule has 0 aromatic carbocycles. The van der Waals surface area contributed by atoms with Gasteiger partial charge in [0.25, 0.3) is 10.0 Å². The number of sulfonamides is 1. The highest BCUT2D eigenvalue weighted by Gasteiger charge is 2.32. The maximum Gasteiger partial charge on any atom is 0.407 e. The molecule has 2 rings (SSSR count). The number of nitrogens with one attached hydrogen (secondary N) is 1. The molecule has 1 saturated heterocycles. The molecule has 0 saturated carbocycles. The second-order valence-corrected chi connectivity index (χ2v) is 9.73.